The second-order valence-corrected chi connectivity index (χ2v) is 3.97. The molecular formula is C12H25O. The lowest BCUT2D eigenvalue weighted by molar-refractivity contribution is 0.0706. The lowest BCUT2D eigenvalue weighted by atomic mass is 10.0. The van der Waals surface area contributed by atoms with Crippen LogP contribution < -0.4 is 0 Å². The van der Waals surface area contributed by atoms with Gasteiger partial charge in [-0.2, -0.15) is 0 Å². The smallest absolute Gasteiger partial charge is 0.0930 e. The summed E-state index contributed by atoms with van der Waals surface area (Å²) in [6.45, 7) is 4.32. The van der Waals surface area contributed by atoms with Crippen LogP contribution in [0.1, 0.15) is 71.6 Å². The van der Waals surface area contributed by atoms with Gasteiger partial charge in [0.05, 0.1) is 6.10 Å². The molecule has 13 heavy (non-hydrogen) atoms. The average molecular weight is 185 g/mol. The van der Waals surface area contributed by atoms with Crippen LogP contribution in [0.15, 0.2) is 0 Å². The Morgan fingerprint density at radius 3 is 2.00 bits per heavy atom. The van der Waals surface area contributed by atoms with Crippen molar-refractivity contribution in [3.05, 3.63) is 0 Å². The maximum Gasteiger partial charge on any atom is 0.0930 e. The topological polar surface area (TPSA) is 19.9 Å². The molecule has 1 radical (unpaired) electrons. The van der Waals surface area contributed by atoms with Gasteiger partial charge in [-0.1, -0.05) is 58.8 Å². The second-order valence-electron chi connectivity index (χ2n) is 3.97. The lowest BCUT2D eigenvalue weighted by Gasteiger charge is -2.05. The normalized spacial score (nSPS) is 13.2. The summed E-state index contributed by atoms with van der Waals surface area (Å²) in [6.07, 6.45) is 10.3. The third-order valence-corrected chi connectivity index (χ3v) is 2.49. The number of hydrogen-bond donors (Lipinski definition) is 0. The Morgan fingerprint density at radius 2 is 1.38 bits per heavy atom. The average Bonchev–Trinajstić information content (AvgIpc) is 2.11. The summed E-state index contributed by atoms with van der Waals surface area (Å²) in [7, 11) is 0. The maximum absolute atomic E-state index is 11.2. The Morgan fingerprint density at radius 1 is 0.769 bits per heavy atom. The fourth-order valence-corrected chi connectivity index (χ4v) is 1.62. The van der Waals surface area contributed by atoms with Crippen molar-refractivity contribution in [3.63, 3.8) is 0 Å². The first-order chi connectivity index (χ1) is 6.31. The standard InChI is InChI=1S/C12H25O/c1-3-5-6-7-8-9-11-12(13)10-4-2/h12H,3-11H2,1-2H3. The van der Waals surface area contributed by atoms with Crippen LogP contribution in [0.2, 0.25) is 0 Å². The molecule has 0 aromatic heterocycles. The highest BCUT2D eigenvalue weighted by Gasteiger charge is 2.03. The summed E-state index contributed by atoms with van der Waals surface area (Å²) in [6, 6.07) is 0. The fraction of sp³-hybridized carbons (Fsp3) is 1.00. The van der Waals surface area contributed by atoms with E-state index in [0.717, 1.165) is 25.7 Å². The lowest BCUT2D eigenvalue weighted by Crippen LogP contribution is -2.02. The highest BCUT2D eigenvalue weighted by Crippen LogP contribution is 2.11. The summed E-state index contributed by atoms with van der Waals surface area (Å²) < 4.78 is 0. The predicted octanol–water partition coefficient (Wildman–Crippen LogP) is 4.34. The summed E-state index contributed by atoms with van der Waals surface area (Å²) in [4.78, 5) is 0. The third-order valence-electron chi connectivity index (χ3n) is 2.49. The molecule has 0 saturated carbocycles. The molecule has 0 aromatic carbocycles. The van der Waals surface area contributed by atoms with E-state index in [0.29, 0.717) is 0 Å². The zero-order valence-corrected chi connectivity index (χ0v) is 9.35. The van der Waals surface area contributed by atoms with Gasteiger partial charge in [-0.25, -0.2) is 5.11 Å². The quantitative estimate of drug-likeness (QED) is 0.476. The van der Waals surface area contributed by atoms with Gasteiger partial charge in [0.15, 0.2) is 0 Å². The monoisotopic (exact) mass is 185 g/mol. The molecule has 0 rings (SSSR count). The van der Waals surface area contributed by atoms with Crippen molar-refractivity contribution in [2.75, 3.05) is 0 Å². The van der Waals surface area contributed by atoms with Crippen molar-refractivity contribution in [3.8, 4) is 0 Å². The van der Waals surface area contributed by atoms with E-state index >= 15 is 0 Å². The van der Waals surface area contributed by atoms with Gasteiger partial charge in [0.2, 0.25) is 0 Å². The van der Waals surface area contributed by atoms with Crippen LogP contribution >= 0.6 is 0 Å². The van der Waals surface area contributed by atoms with E-state index in [9.17, 15) is 5.11 Å². The van der Waals surface area contributed by atoms with Gasteiger partial charge in [0, 0.05) is 0 Å². The van der Waals surface area contributed by atoms with Gasteiger partial charge >= 0.3 is 0 Å². The fourth-order valence-electron chi connectivity index (χ4n) is 1.62. The molecule has 0 aliphatic carbocycles. The van der Waals surface area contributed by atoms with Crippen molar-refractivity contribution >= 4 is 0 Å². The van der Waals surface area contributed by atoms with Crippen LogP contribution in [-0.4, -0.2) is 6.10 Å². The van der Waals surface area contributed by atoms with Crippen LogP contribution in [0.25, 0.3) is 0 Å². The molecule has 0 amide bonds. The van der Waals surface area contributed by atoms with Crippen LogP contribution in [0.3, 0.4) is 0 Å². The minimum atomic E-state index is -0.281. The molecule has 0 spiro atoms. The van der Waals surface area contributed by atoms with E-state index in [1.54, 1.807) is 0 Å². The minimum absolute atomic E-state index is 0.281. The van der Waals surface area contributed by atoms with Crippen LogP contribution in [0, 0.1) is 0 Å². The van der Waals surface area contributed by atoms with Gasteiger partial charge < -0.3 is 0 Å². The van der Waals surface area contributed by atoms with E-state index < -0.39 is 0 Å². The zero-order valence-electron chi connectivity index (χ0n) is 9.35. The molecule has 0 saturated heterocycles. The van der Waals surface area contributed by atoms with Crippen molar-refractivity contribution in [1.82, 2.24) is 0 Å². The summed E-state index contributed by atoms with van der Waals surface area (Å²) in [5.74, 6) is 0. The Kier molecular flexibility index (Phi) is 10.0. The molecule has 0 N–H and O–H groups in total. The van der Waals surface area contributed by atoms with Crippen LogP contribution in [-0.2, 0) is 5.11 Å². The van der Waals surface area contributed by atoms with Gasteiger partial charge in [0.1, 0.15) is 0 Å². The molecular weight excluding hydrogens is 160 g/mol. The van der Waals surface area contributed by atoms with E-state index in [2.05, 4.69) is 13.8 Å². The molecule has 0 heterocycles. The Balaban J connectivity index is 2.97. The largest absolute Gasteiger partial charge is 0.233 e. The Hall–Kier alpha value is -0.0400. The second kappa shape index (κ2) is 10.0. The first-order valence-electron chi connectivity index (χ1n) is 5.97. The SMILES string of the molecule is CCCCCCCCC([O])CCC. The first-order valence-corrected chi connectivity index (χ1v) is 5.97. The van der Waals surface area contributed by atoms with Gasteiger partial charge in [-0.15, -0.1) is 0 Å². The van der Waals surface area contributed by atoms with Gasteiger partial charge in [0.25, 0.3) is 0 Å². The van der Waals surface area contributed by atoms with E-state index in [1.807, 2.05) is 0 Å². The first kappa shape index (κ1) is 13.0. The van der Waals surface area contributed by atoms with Crippen molar-refractivity contribution in [1.29, 1.82) is 0 Å². The number of rotatable bonds is 9. The molecule has 0 fully saturated rings. The zero-order chi connectivity index (χ0) is 9.94. The molecule has 0 bridgehead atoms. The van der Waals surface area contributed by atoms with Crippen LogP contribution in [0.5, 0.6) is 0 Å². The molecule has 0 aromatic rings. The molecule has 1 nitrogen and oxygen atoms in total. The summed E-state index contributed by atoms with van der Waals surface area (Å²) >= 11 is 0. The van der Waals surface area contributed by atoms with Gasteiger partial charge in [-0.3, -0.25) is 0 Å². The maximum atomic E-state index is 11.2. The van der Waals surface area contributed by atoms with Crippen LogP contribution in [0.4, 0.5) is 0 Å². The molecule has 1 atom stereocenters. The van der Waals surface area contributed by atoms with Crippen molar-refractivity contribution in [2.45, 2.75) is 77.7 Å². The molecule has 79 valence electrons. The molecule has 1 heteroatoms. The summed E-state index contributed by atoms with van der Waals surface area (Å²) in [5, 5.41) is 11.2. The number of hydrogen-bond acceptors (Lipinski definition) is 0. The number of unbranched alkanes of at least 4 members (excludes halogenated alkanes) is 5. The molecule has 0 aliphatic heterocycles. The Labute approximate surface area is 83.5 Å². The predicted molar refractivity (Wildman–Crippen MR) is 57.4 cm³/mol. The third kappa shape index (κ3) is 9.88. The van der Waals surface area contributed by atoms with E-state index in [-0.39, 0.29) is 6.10 Å². The van der Waals surface area contributed by atoms with Gasteiger partial charge in [-0.05, 0) is 12.8 Å². The highest BCUT2D eigenvalue weighted by molar-refractivity contribution is 4.54. The molecule has 0 aliphatic rings. The van der Waals surface area contributed by atoms with E-state index in [4.69, 9.17) is 0 Å². The van der Waals surface area contributed by atoms with Crippen molar-refractivity contribution < 1.29 is 5.11 Å². The minimum Gasteiger partial charge on any atom is -0.233 e. The molecule has 1 unspecified atom stereocenters. The van der Waals surface area contributed by atoms with Crippen molar-refractivity contribution in [2.24, 2.45) is 0 Å². The van der Waals surface area contributed by atoms with E-state index in [1.165, 1.54) is 32.1 Å². The summed E-state index contributed by atoms with van der Waals surface area (Å²) in [5.41, 5.74) is 0. The highest BCUT2D eigenvalue weighted by atomic mass is 16.3. The Bertz CT molecular complexity index is 91.1.